The summed E-state index contributed by atoms with van der Waals surface area (Å²) in [6.07, 6.45) is 3.57. The van der Waals surface area contributed by atoms with Gasteiger partial charge < -0.3 is 14.5 Å². The van der Waals surface area contributed by atoms with Gasteiger partial charge in [-0.05, 0) is 55.7 Å². The lowest BCUT2D eigenvalue weighted by atomic mass is 10.1. The summed E-state index contributed by atoms with van der Waals surface area (Å²) in [5.41, 5.74) is 8.40. The lowest BCUT2D eigenvalue weighted by molar-refractivity contribution is 0.212. The fraction of sp³-hybridized carbons (Fsp3) is 0.367. The summed E-state index contributed by atoms with van der Waals surface area (Å²) < 4.78 is 8.46. The smallest absolute Gasteiger partial charge is 0.147 e. The Bertz CT molecular complexity index is 1490. The maximum absolute atomic E-state index is 6.33. The van der Waals surface area contributed by atoms with Crippen molar-refractivity contribution in [3.63, 3.8) is 0 Å². The lowest BCUT2D eigenvalue weighted by Gasteiger charge is -2.36. The number of piperazine rings is 1. The summed E-state index contributed by atoms with van der Waals surface area (Å²) in [5.74, 6) is 0.961. The van der Waals surface area contributed by atoms with Gasteiger partial charge in [-0.2, -0.15) is 0 Å². The second kappa shape index (κ2) is 10.5. The zero-order valence-electron chi connectivity index (χ0n) is 22.4. The van der Waals surface area contributed by atoms with Crippen molar-refractivity contribution in [2.24, 2.45) is 5.16 Å². The van der Waals surface area contributed by atoms with Crippen molar-refractivity contribution in [1.29, 1.82) is 0 Å². The zero-order chi connectivity index (χ0) is 26.1. The van der Waals surface area contributed by atoms with Crippen LogP contribution in [-0.2, 0) is 17.9 Å². The highest BCUT2D eigenvalue weighted by molar-refractivity contribution is 5.99. The summed E-state index contributed by atoms with van der Waals surface area (Å²) in [5, 5.41) is 5.40. The van der Waals surface area contributed by atoms with Crippen LogP contribution in [0, 0.1) is 6.92 Å². The van der Waals surface area contributed by atoms with Crippen LogP contribution in [0.3, 0.4) is 0 Å². The normalized spacial score (nSPS) is 15.8. The highest BCUT2D eigenvalue weighted by atomic mass is 16.6. The third kappa shape index (κ3) is 4.49. The molecule has 0 spiro atoms. The van der Waals surface area contributed by atoms with E-state index in [-0.39, 0.29) is 0 Å². The van der Waals surface area contributed by atoms with Gasteiger partial charge in [-0.15, -0.1) is 0 Å². The predicted octanol–water partition coefficient (Wildman–Crippen LogP) is 4.75. The maximum Gasteiger partial charge on any atom is 0.147 e. The molecule has 0 aliphatic carbocycles. The van der Waals surface area contributed by atoms with Gasteiger partial charge in [-0.25, -0.2) is 4.98 Å². The molecule has 8 nitrogen and oxygen atoms in total. The first kappa shape index (κ1) is 24.4. The van der Waals surface area contributed by atoms with Gasteiger partial charge in [-0.3, -0.25) is 14.5 Å². The van der Waals surface area contributed by atoms with Gasteiger partial charge in [0.05, 0.1) is 16.9 Å². The highest BCUT2D eigenvalue weighted by Gasteiger charge is 2.26. The molecule has 0 amide bonds. The number of para-hydroxylation sites is 1. The van der Waals surface area contributed by atoms with Crippen LogP contribution in [0.25, 0.3) is 16.6 Å². The Morgan fingerprint density at radius 2 is 1.84 bits per heavy atom. The Morgan fingerprint density at radius 3 is 2.66 bits per heavy atom. The van der Waals surface area contributed by atoms with Crippen molar-refractivity contribution in [3.05, 3.63) is 77.5 Å². The number of imidazole rings is 1. The Kier molecular flexibility index (Phi) is 6.72. The van der Waals surface area contributed by atoms with Crippen LogP contribution in [0.15, 0.2) is 60.0 Å². The molecule has 0 radical (unpaired) electrons. The molecule has 4 heterocycles. The van der Waals surface area contributed by atoms with Crippen molar-refractivity contribution < 1.29 is 9.57 Å². The van der Waals surface area contributed by atoms with Crippen LogP contribution in [-0.4, -0.2) is 65.0 Å². The molecule has 2 aromatic carbocycles. The quantitative estimate of drug-likeness (QED) is 0.264. The Morgan fingerprint density at radius 1 is 1.03 bits per heavy atom. The number of hydrogen-bond acceptors (Lipinski definition) is 7. The topological polar surface area (TPSA) is 68.0 Å². The summed E-state index contributed by atoms with van der Waals surface area (Å²) in [7, 11) is 1.57. The van der Waals surface area contributed by atoms with Gasteiger partial charge in [0.25, 0.3) is 0 Å². The van der Waals surface area contributed by atoms with Crippen molar-refractivity contribution in [1.82, 2.24) is 19.4 Å². The standard InChI is InChI=1S/C30H34N6O2/c1-4-24(33-37-3)29-28-19-38-30-22(7-5-10-27(30)36(28)20-31-29)13-14-34-15-17-35(18-16-34)26-9-6-8-25-23(26)12-11-21(2)32-25/h5-12,20H,4,13-19H2,1-3H3. The number of anilines is 1. The highest BCUT2D eigenvalue weighted by Crippen LogP contribution is 2.35. The number of nitrogens with zero attached hydrogens (tertiary/aromatic N) is 6. The van der Waals surface area contributed by atoms with E-state index in [1.54, 1.807) is 7.11 Å². The number of benzene rings is 2. The van der Waals surface area contributed by atoms with E-state index < -0.39 is 0 Å². The predicted molar refractivity (Wildman–Crippen MR) is 151 cm³/mol. The van der Waals surface area contributed by atoms with E-state index in [1.165, 1.54) is 16.6 Å². The SMILES string of the molecule is CCC(=NOC)c1ncn2c1COc1c(CCN3CCN(c4cccc5nc(C)ccc45)CC3)cccc1-2. The molecule has 1 saturated heterocycles. The van der Waals surface area contributed by atoms with Crippen LogP contribution < -0.4 is 9.64 Å². The molecule has 1 fully saturated rings. The molecule has 196 valence electrons. The van der Waals surface area contributed by atoms with E-state index >= 15 is 0 Å². The van der Waals surface area contributed by atoms with Crippen molar-refractivity contribution in [3.8, 4) is 11.4 Å². The molecule has 4 aromatic rings. The van der Waals surface area contributed by atoms with Crippen LogP contribution >= 0.6 is 0 Å². The van der Waals surface area contributed by atoms with Gasteiger partial charge in [0.15, 0.2) is 0 Å². The average molecular weight is 511 g/mol. The zero-order valence-corrected chi connectivity index (χ0v) is 22.4. The number of fused-ring (bicyclic) bond motifs is 4. The Labute approximate surface area is 223 Å². The maximum atomic E-state index is 6.33. The second-order valence-electron chi connectivity index (χ2n) is 9.91. The third-order valence-corrected chi connectivity index (χ3v) is 7.62. The van der Waals surface area contributed by atoms with E-state index in [4.69, 9.17) is 14.6 Å². The molecular weight excluding hydrogens is 476 g/mol. The fourth-order valence-corrected chi connectivity index (χ4v) is 5.62. The largest absolute Gasteiger partial charge is 0.485 e. The van der Waals surface area contributed by atoms with E-state index in [9.17, 15) is 0 Å². The number of aromatic nitrogens is 3. The molecule has 8 heteroatoms. The van der Waals surface area contributed by atoms with Crippen LogP contribution in [0.2, 0.25) is 0 Å². The minimum Gasteiger partial charge on any atom is -0.485 e. The first-order valence-corrected chi connectivity index (χ1v) is 13.4. The number of rotatable bonds is 7. The molecule has 6 rings (SSSR count). The molecule has 2 aromatic heterocycles. The van der Waals surface area contributed by atoms with Crippen molar-refractivity contribution in [2.75, 3.05) is 44.7 Å². The van der Waals surface area contributed by atoms with E-state index in [1.807, 2.05) is 13.3 Å². The van der Waals surface area contributed by atoms with Gasteiger partial charge in [0.2, 0.25) is 0 Å². The first-order chi connectivity index (χ1) is 18.7. The van der Waals surface area contributed by atoms with E-state index in [0.29, 0.717) is 6.61 Å². The van der Waals surface area contributed by atoms with Crippen molar-refractivity contribution in [2.45, 2.75) is 33.3 Å². The fourth-order valence-electron chi connectivity index (χ4n) is 5.62. The minimum absolute atomic E-state index is 0.472. The van der Waals surface area contributed by atoms with E-state index in [0.717, 1.165) is 85.3 Å². The third-order valence-electron chi connectivity index (χ3n) is 7.62. The molecule has 0 bridgehead atoms. The molecular formula is C30H34N6O2. The van der Waals surface area contributed by atoms with Crippen LogP contribution in [0.1, 0.15) is 36.0 Å². The molecule has 0 N–H and O–H groups in total. The Hall–Kier alpha value is -3.91. The van der Waals surface area contributed by atoms with Gasteiger partial charge in [-0.1, -0.05) is 30.3 Å². The molecule has 0 saturated carbocycles. The minimum atomic E-state index is 0.472. The molecule has 38 heavy (non-hydrogen) atoms. The molecule has 2 aliphatic heterocycles. The Balaban J connectivity index is 1.13. The number of oxime groups is 1. The van der Waals surface area contributed by atoms with Crippen LogP contribution in [0.5, 0.6) is 5.75 Å². The monoisotopic (exact) mass is 510 g/mol. The van der Waals surface area contributed by atoms with Gasteiger partial charge in [0, 0.05) is 49.5 Å². The number of aryl methyl sites for hydroxylation is 1. The molecule has 0 unspecified atom stereocenters. The lowest BCUT2D eigenvalue weighted by Crippen LogP contribution is -2.47. The summed E-state index contributed by atoms with van der Waals surface area (Å²) in [4.78, 5) is 19.4. The summed E-state index contributed by atoms with van der Waals surface area (Å²) in [6.45, 7) is 9.69. The summed E-state index contributed by atoms with van der Waals surface area (Å²) in [6, 6.07) is 17.2. The van der Waals surface area contributed by atoms with Gasteiger partial charge >= 0.3 is 0 Å². The average Bonchev–Trinajstić information content (AvgIpc) is 3.39. The molecule has 0 atom stereocenters. The van der Waals surface area contributed by atoms with Gasteiger partial charge in [0.1, 0.15) is 37.2 Å². The van der Waals surface area contributed by atoms with Crippen molar-refractivity contribution >= 4 is 22.3 Å². The van der Waals surface area contributed by atoms with E-state index in [2.05, 4.69) is 80.0 Å². The number of hydrogen-bond donors (Lipinski definition) is 0. The number of pyridine rings is 1. The summed E-state index contributed by atoms with van der Waals surface area (Å²) >= 11 is 0. The molecule has 2 aliphatic rings. The van der Waals surface area contributed by atoms with Crippen LogP contribution in [0.4, 0.5) is 5.69 Å². The second-order valence-corrected chi connectivity index (χ2v) is 9.91. The first-order valence-electron chi connectivity index (χ1n) is 13.4. The number of ether oxygens (including phenoxy) is 1.